The highest BCUT2D eigenvalue weighted by atomic mass is 79.9. The van der Waals surface area contributed by atoms with E-state index in [1.807, 2.05) is 38.1 Å². The van der Waals surface area contributed by atoms with Crippen molar-refractivity contribution in [3.05, 3.63) is 46.9 Å². The maximum atomic E-state index is 5.59. The van der Waals surface area contributed by atoms with Gasteiger partial charge in [0.05, 0.1) is 19.0 Å². The van der Waals surface area contributed by atoms with Crippen molar-refractivity contribution in [1.29, 1.82) is 0 Å². The van der Waals surface area contributed by atoms with Gasteiger partial charge in [0.15, 0.2) is 0 Å². The van der Waals surface area contributed by atoms with E-state index in [9.17, 15) is 0 Å². The third-order valence-electron chi connectivity index (χ3n) is 3.06. The van der Waals surface area contributed by atoms with E-state index in [1.165, 1.54) is 0 Å². The number of furan rings is 1. The monoisotopic (exact) mass is 324 g/mol. The van der Waals surface area contributed by atoms with Crippen LogP contribution in [0.25, 0.3) is 0 Å². The minimum absolute atomic E-state index is 0.00926. The Kier molecular flexibility index (Phi) is 4.20. The standard InChI is InChI=1S/C15H17BrO3/c1-9-7-12(10(2)19-9)15(16)13-8-11(17-3)5-6-14(13)18-4/h5-8,15H,1-4H3. The Morgan fingerprint density at radius 3 is 2.32 bits per heavy atom. The van der Waals surface area contributed by atoms with Gasteiger partial charge < -0.3 is 13.9 Å². The lowest BCUT2D eigenvalue weighted by atomic mass is 10.0. The van der Waals surface area contributed by atoms with E-state index in [1.54, 1.807) is 14.2 Å². The molecule has 0 amide bonds. The van der Waals surface area contributed by atoms with E-state index in [4.69, 9.17) is 13.9 Å². The molecule has 4 heteroatoms. The molecule has 102 valence electrons. The van der Waals surface area contributed by atoms with Crippen LogP contribution in [-0.2, 0) is 0 Å². The van der Waals surface area contributed by atoms with Crippen molar-refractivity contribution in [2.75, 3.05) is 14.2 Å². The average Bonchev–Trinajstić information content (AvgIpc) is 2.76. The first-order valence-electron chi connectivity index (χ1n) is 5.99. The van der Waals surface area contributed by atoms with Crippen molar-refractivity contribution in [2.24, 2.45) is 0 Å². The number of ether oxygens (including phenoxy) is 2. The van der Waals surface area contributed by atoms with Crippen LogP contribution in [0.3, 0.4) is 0 Å². The lowest BCUT2D eigenvalue weighted by Crippen LogP contribution is -1.98. The molecule has 3 nitrogen and oxygen atoms in total. The molecule has 0 fully saturated rings. The van der Waals surface area contributed by atoms with Gasteiger partial charge in [-0.05, 0) is 38.1 Å². The molecule has 2 rings (SSSR count). The third kappa shape index (κ3) is 2.78. The first-order chi connectivity index (χ1) is 9.06. The second-order valence-electron chi connectivity index (χ2n) is 4.34. The second-order valence-corrected chi connectivity index (χ2v) is 5.25. The molecule has 0 spiro atoms. The molecule has 1 atom stereocenters. The first kappa shape index (κ1) is 14.0. The van der Waals surface area contributed by atoms with Crippen molar-refractivity contribution < 1.29 is 13.9 Å². The molecule has 0 radical (unpaired) electrons. The minimum atomic E-state index is 0.00926. The van der Waals surface area contributed by atoms with Crippen LogP contribution in [0.1, 0.15) is 27.5 Å². The van der Waals surface area contributed by atoms with Crippen molar-refractivity contribution >= 4 is 15.9 Å². The maximum absolute atomic E-state index is 5.59. The summed E-state index contributed by atoms with van der Waals surface area (Å²) < 4.78 is 16.3. The smallest absolute Gasteiger partial charge is 0.123 e. The van der Waals surface area contributed by atoms with E-state index < -0.39 is 0 Å². The van der Waals surface area contributed by atoms with Gasteiger partial charge in [-0.1, -0.05) is 15.9 Å². The summed E-state index contributed by atoms with van der Waals surface area (Å²) in [5.41, 5.74) is 2.12. The Balaban J connectivity index is 2.47. The Hall–Kier alpha value is -1.42. The summed E-state index contributed by atoms with van der Waals surface area (Å²) in [6.45, 7) is 3.91. The largest absolute Gasteiger partial charge is 0.497 e. The number of hydrogen-bond donors (Lipinski definition) is 0. The van der Waals surface area contributed by atoms with Gasteiger partial charge in [0.2, 0.25) is 0 Å². The number of halogens is 1. The van der Waals surface area contributed by atoms with Crippen molar-refractivity contribution in [1.82, 2.24) is 0 Å². The molecule has 0 aliphatic heterocycles. The van der Waals surface area contributed by atoms with Crippen molar-refractivity contribution in [3.8, 4) is 11.5 Å². The molecular weight excluding hydrogens is 308 g/mol. The number of hydrogen-bond acceptors (Lipinski definition) is 3. The molecule has 0 N–H and O–H groups in total. The van der Waals surface area contributed by atoms with Gasteiger partial charge in [-0.25, -0.2) is 0 Å². The average molecular weight is 325 g/mol. The summed E-state index contributed by atoms with van der Waals surface area (Å²) in [5.74, 6) is 3.43. The van der Waals surface area contributed by atoms with Crippen LogP contribution >= 0.6 is 15.9 Å². The summed E-state index contributed by atoms with van der Waals surface area (Å²) in [6.07, 6.45) is 0. The third-order valence-corrected chi connectivity index (χ3v) is 4.05. The van der Waals surface area contributed by atoms with Crippen LogP contribution in [0.2, 0.25) is 0 Å². The fourth-order valence-electron chi connectivity index (χ4n) is 2.11. The highest BCUT2D eigenvalue weighted by Gasteiger charge is 2.20. The summed E-state index contributed by atoms with van der Waals surface area (Å²) in [7, 11) is 3.32. The predicted octanol–water partition coefficient (Wildman–Crippen LogP) is 4.40. The summed E-state index contributed by atoms with van der Waals surface area (Å²) in [6, 6.07) is 7.80. The molecule has 0 aliphatic rings. The molecular formula is C15H17BrO3. The molecule has 0 aliphatic carbocycles. The normalized spacial score (nSPS) is 12.3. The van der Waals surface area contributed by atoms with Gasteiger partial charge >= 0.3 is 0 Å². The number of alkyl halides is 1. The van der Waals surface area contributed by atoms with Crippen molar-refractivity contribution in [3.63, 3.8) is 0 Å². The first-order valence-corrected chi connectivity index (χ1v) is 6.91. The van der Waals surface area contributed by atoms with Crippen LogP contribution in [0.5, 0.6) is 11.5 Å². The number of rotatable bonds is 4. The lowest BCUT2D eigenvalue weighted by molar-refractivity contribution is 0.399. The van der Waals surface area contributed by atoms with E-state index in [0.717, 1.165) is 34.1 Å². The van der Waals surface area contributed by atoms with Crippen LogP contribution in [0.15, 0.2) is 28.7 Å². The molecule has 0 bridgehead atoms. The molecule has 1 unspecified atom stereocenters. The molecule has 0 saturated carbocycles. The minimum Gasteiger partial charge on any atom is -0.497 e. The lowest BCUT2D eigenvalue weighted by Gasteiger charge is -2.15. The van der Waals surface area contributed by atoms with Crippen molar-refractivity contribution in [2.45, 2.75) is 18.7 Å². The van der Waals surface area contributed by atoms with E-state index in [0.29, 0.717) is 0 Å². The van der Waals surface area contributed by atoms with Gasteiger partial charge in [0.25, 0.3) is 0 Å². The fraction of sp³-hybridized carbons (Fsp3) is 0.333. The number of aryl methyl sites for hydroxylation is 2. The maximum Gasteiger partial charge on any atom is 0.123 e. The number of methoxy groups -OCH3 is 2. The van der Waals surface area contributed by atoms with E-state index in [2.05, 4.69) is 15.9 Å². The molecule has 19 heavy (non-hydrogen) atoms. The van der Waals surface area contributed by atoms with Gasteiger partial charge in [0, 0.05) is 11.1 Å². The van der Waals surface area contributed by atoms with Crippen LogP contribution < -0.4 is 9.47 Å². The predicted molar refractivity (Wildman–Crippen MR) is 78.5 cm³/mol. The highest BCUT2D eigenvalue weighted by molar-refractivity contribution is 9.09. The second kappa shape index (κ2) is 5.70. The van der Waals surface area contributed by atoms with Gasteiger partial charge in [-0.2, -0.15) is 0 Å². The van der Waals surface area contributed by atoms with Crippen LogP contribution in [-0.4, -0.2) is 14.2 Å². The Labute approximate surface area is 121 Å². The molecule has 1 aromatic carbocycles. The zero-order chi connectivity index (χ0) is 14.0. The molecule has 2 aromatic rings. The van der Waals surface area contributed by atoms with Gasteiger partial charge in [-0.15, -0.1) is 0 Å². The van der Waals surface area contributed by atoms with E-state index in [-0.39, 0.29) is 4.83 Å². The molecule has 1 aromatic heterocycles. The Bertz CT molecular complexity index is 575. The summed E-state index contributed by atoms with van der Waals surface area (Å²) in [4.78, 5) is 0.00926. The zero-order valence-electron chi connectivity index (χ0n) is 11.5. The summed E-state index contributed by atoms with van der Waals surface area (Å²) in [5, 5.41) is 0. The van der Waals surface area contributed by atoms with Crippen LogP contribution in [0, 0.1) is 13.8 Å². The molecule has 0 saturated heterocycles. The van der Waals surface area contributed by atoms with Crippen LogP contribution in [0.4, 0.5) is 0 Å². The Morgan fingerprint density at radius 2 is 1.79 bits per heavy atom. The molecule has 1 heterocycles. The van der Waals surface area contributed by atoms with E-state index >= 15 is 0 Å². The SMILES string of the molecule is COc1ccc(OC)c(C(Br)c2cc(C)oc2C)c1. The Morgan fingerprint density at radius 1 is 1.05 bits per heavy atom. The summed E-state index contributed by atoms with van der Waals surface area (Å²) >= 11 is 3.72. The number of benzene rings is 1. The zero-order valence-corrected chi connectivity index (χ0v) is 13.1. The van der Waals surface area contributed by atoms with Gasteiger partial charge in [0.1, 0.15) is 23.0 Å². The fourth-order valence-corrected chi connectivity index (χ4v) is 2.92. The topological polar surface area (TPSA) is 31.6 Å². The quantitative estimate of drug-likeness (QED) is 0.781. The highest BCUT2D eigenvalue weighted by Crippen LogP contribution is 2.40. The van der Waals surface area contributed by atoms with Gasteiger partial charge in [-0.3, -0.25) is 0 Å².